The lowest BCUT2D eigenvalue weighted by molar-refractivity contribution is 0.451. The molecule has 0 unspecified atom stereocenters. The molecule has 1 aromatic heterocycles. The van der Waals surface area contributed by atoms with E-state index in [2.05, 4.69) is 39.7 Å². The van der Waals surface area contributed by atoms with E-state index in [0.29, 0.717) is 17.7 Å². The van der Waals surface area contributed by atoms with E-state index in [9.17, 15) is 5.11 Å². The smallest absolute Gasteiger partial charge is 0.160 e. The normalized spacial score (nSPS) is 11.7. The van der Waals surface area contributed by atoms with E-state index < -0.39 is 0 Å². The zero-order valence-corrected chi connectivity index (χ0v) is 10.4. The molecule has 0 bridgehead atoms. The first kappa shape index (κ1) is 12.1. The number of aromatic nitrogens is 2. The molecule has 15 heavy (non-hydrogen) atoms. The molecule has 0 aromatic carbocycles. The summed E-state index contributed by atoms with van der Waals surface area (Å²) >= 11 is 0. The highest BCUT2D eigenvalue weighted by atomic mass is 16.3. The predicted octanol–water partition coefficient (Wildman–Crippen LogP) is 2.93. The molecule has 86 valence electrons. The summed E-state index contributed by atoms with van der Waals surface area (Å²) in [6.45, 7) is 10.5. The van der Waals surface area contributed by atoms with Crippen LogP contribution in [0.5, 0.6) is 5.75 Å². The van der Waals surface area contributed by atoms with Crippen molar-refractivity contribution in [2.45, 2.75) is 53.5 Å². The number of hydrogen-bond acceptors (Lipinski definition) is 2. The zero-order chi connectivity index (χ0) is 11.6. The standard InChI is InChI=1S/C12H22N2O/c1-6-11-12(15)10(7-8(2)3)13-14(11)9(4)5/h8-9,15H,6-7H2,1-5H3. The van der Waals surface area contributed by atoms with E-state index in [4.69, 9.17) is 0 Å². The van der Waals surface area contributed by atoms with E-state index >= 15 is 0 Å². The molecule has 0 aliphatic heterocycles. The first-order valence-electron chi connectivity index (χ1n) is 5.76. The van der Waals surface area contributed by atoms with Gasteiger partial charge in [0.2, 0.25) is 0 Å². The molecule has 0 aliphatic carbocycles. The molecule has 0 spiro atoms. The predicted molar refractivity (Wildman–Crippen MR) is 62.2 cm³/mol. The average Bonchev–Trinajstić information content (AvgIpc) is 2.43. The summed E-state index contributed by atoms with van der Waals surface area (Å²) in [5.74, 6) is 0.927. The van der Waals surface area contributed by atoms with Crippen LogP contribution in [0, 0.1) is 5.92 Å². The fourth-order valence-corrected chi connectivity index (χ4v) is 1.79. The molecule has 3 heteroatoms. The lowest BCUT2D eigenvalue weighted by Crippen LogP contribution is -2.07. The Labute approximate surface area is 92.1 Å². The first-order valence-corrected chi connectivity index (χ1v) is 5.76. The van der Waals surface area contributed by atoms with E-state index in [1.165, 1.54) is 0 Å². The fraction of sp³-hybridized carbons (Fsp3) is 0.750. The quantitative estimate of drug-likeness (QED) is 0.829. The maximum atomic E-state index is 10.0. The van der Waals surface area contributed by atoms with Crippen molar-refractivity contribution in [2.75, 3.05) is 0 Å². The minimum atomic E-state index is 0.312. The van der Waals surface area contributed by atoms with Gasteiger partial charge in [0.05, 0.1) is 5.69 Å². The molecular weight excluding hydrogens is 188 g/mol. The molecule has 1 N–H and O–H groups in total. The van der Waals surface area contributed by atoms with Crippen LogP contribution < -0.4 is 0 Å². The summed E-state index contributed by atoms with van der Waals surface area (Å²) in [6, 6.07) is 0.312. The molecule has 0 saturated carbocycles. The van der Waals surface area contributed by atoms with Gasteiger partial charge < -0.3 is 5.11 Å². The van der Waals surface area contributed by atoms with Crippen molar-refractivity contribution in [3.05, 3.63) is 11.4 Å². The highest BCUT2D eigenvalue weighted by Gasteiger charge is 2.17. The molecule has 0 fully saturated rings. The summed E-state index contributed by atoms with van der Waals surface area (Å²) in [6.07, 6.45) is 1.67. The highest BCUT2D eigenvalue weighted by Crippen LogP contribution is 2.27. The maximum Gasteiger partial charge on any atom is 0.160 e. The van der Waals surface area contributed by atoms with Crippen molar-refractivity contribution in [2.24, 2.45) is 5.92 Å². The molecule has 1 heterocycles. The van der Waals surface area contributed by atoms with Crippen molar-refractivity contribution in [3.63, 3.8) is 0 Å². The second-order valence-electron chi connectivity index (χ2n) is 4.73. The van der Waals surface area contributed by atoms with Crippen molar-refractivity contribution in [1.82, 2.24) is 9.78 Å². The van der Waals surface area contributed by atoms with Crippen molar-refractivity contribution >= 4 is 0 Å². The van der Waals surface area contributed by atoms with Crippen molar-refractivity contribution < 1.29 is 5.11 Å². The van der Waals surface area contributed by atoms with Crippen LogP contribution in [0.2, 0.25) is 0 Å². The van der Waals surface area contributed by atoms with Crippen LogP contribution in [0.25, 0.3) is 0 Å². The summed E-state index contributed by atoms with van der Waals surface area (Å²) in [5, 5.41) is 14.5. The van der Waals surface area contributed by atoms with Gasteiger partial charge in [-0.05, 0) is 32.6 Å². The molecule has 0 aliphatic rings. The van der Waals surface area contributed by atoms with Gasteiger partial charge in [0.25, 0.3) is 0 Å². The highest BCUT2D eigenvalue weighted by molar-refractivity contribution is 5.32. The average molecular weight is 210 g/mol. The van der Waals surface area contributed by atoms with Crippen LogP contribution >= 0.6 is 0 Å². The Morgan fingerprint density at radius 2 is 1.87 bits per heavy atom. The fourth-order valence-electron chi connectivity index (χ4n) is 1.79. The molecule has 1 aromatic rings. The van der Waals surface area contributed by atoms with Crippen LogP contribution in [0.15, 0.2) is 0 Å². The van der Waals surface area contributed by atoms with Crippen LogP contribution in [0.3, 0.4) is 0 Å². The largest absolute Gasteiger partial charge is 0.504 e. The Morgan fingerprint density at radius 3 is 2.20 bits per heavy atom. The Hall–Kier alpha value is -0.990. The van der Waals surface area contributed by atoms with Gasteiger partial charge in [-0.25, -0.2) is 0 Å². The Kier molecular flexibility index (Phi) is 3.77. The number of aromatic hydroxyl groups is 1. The van der Waals surface area contributed by atoms with Gasteiger partial charge in [-0.3, -0.25) is 4.68 Å². The monoisotopic (exact) mass is 210 g/mol. The molecular formula is C12H22N2O. The maximum absolute atomic E-state index is 10.0. The molecule has 0 radical (unpaired) electrons. The van der Waals surface area contributed by atoms with Gasteiger partial charge in [-0.1, -0.05) is 20.8 Å². The summed E-state index contributed by atoms with van der Waals surface area (Å²) < 4.78 is 1.94. The first-order chi connectivity index (χ1) is 6.97. The van der Waals surface area contributed by atoms with E-state index in [1.807, 2.05) is 4.68 Å². The summed E-state index contributed by atoms with van der Waals surface area (Å²) in [7, 11) is 0. The third-order valence-electron chi connectivity index (χ3n) is 2.48. The Morgan fingerprint density at radius 1 is 1.27 bits per heavy atom. The number of nitrogens with zero attached hydrogens (tertiary/aromatic N) is 2. The third-order valence-corrected chi connectivity index (χ3v) is 2.48. The van der Waals surface area contributed by atoms with Crippen LogP contribution in [0.4, 0.5) is 0 Å². The van der Waals surface area contributed by atoms with Gasteiger partial charge >= 0.3 is 0 Å². The molecule has 3 nitrogen and oxygen atoms in total. The minimum Gasteiger partial charge on any atom is -0.504 e. The SMILES string of the molecule is CCc1c(O)c(CC(C)C)nn1C(C)C. The van der Waals surface area contributed by atoms with Gasteiger partial charge in [-0.2, -0.15) is 5.10 Å². The topological polar surface area (TPSA) is 38.1 Å². The van der Waals surface area contributed by atoms with E-state index in [0.717, 1.165) is 24.2 Å². The second kappa shape index (κ2) is 4.69. The van der Waals surface area contributed by atoms with E-state index in [1.54, 1.807) is 0 Å². The van der Waals surface area contributed by atoms with Gasteiger partial charge in [-0.15, -0.1) is 0 Å². The van der Waals surface area contributed by atoms with Crippen molar-refractivity contribution in [1.29, 1.82) is 0 Å². The lowest BCUT2D eigenvalue weighted by atomic mass is 10.1. The second-order valence-corrected chi connectivity index (χ2v) is 4.73. The van der Waals surface area contributed by atoms with Crippen LogP contribution in [-0.2, 0) is 12.8 Å². The Bertz CT molecular complexity index is 327. The van der Waals surface area contributed by atoms with Crippen LogP contribution in [-0.4, -0.2) is 14.9 Å². The number of rotatable bonds is 4. The zero-order valence-electron chi connectivity index (χ0n) is 10.4. The van der Waals surface area contributed by atoms with E-state index in [-0.39, 0.29) is 0 Å². The molecule has 1 rings (SSSR count). The van der Waals surface area contributed by atoms with Crippen molar-refractivity contribution in [3.8, 4) is 5.75 Å². The van der Waals surface area contributed by atoms with Gasteiger partial charge in [0, 0.05) is 6.04 Å². The number of hydrogen-bond donors (Lipinski definition) is 1. The van der Waals surface area contributed by atoms with Gasteiger partial charge in [0.15, 0.2) is 5.75 Å². The van der Waals surface area contributed by atoms with Crippen LogP contribution in [0.1, 0.15) is 52.0 Å². The molecule has 0 saturated heterocycles. The molecule has 0 amide bonds. The Balaban J connectivity index is 3.09. The lowest BCUT2D eigenvalue weighted by Gasteiger charge is -2.08. The summed E-state index contributed by atoms with van der Waals surface area (Å²) in [4.78, 5) is 0. The third kappa shape index (κ3) is 2.52. The van der Waals surface area contributed by atoms with Gasteiger partial charge in [0.1, 0.15) is 5.69 Å². The summed E-state index contributed by atoms with van der Waals surface area (Å²) in [5.41, 5.74) is 1.80. The molecule has 0 atom stereocenters. The minimum absolute atomic E-state index is 0.312.